The lowest BCUT2D eigenvalue weighted by atomic mass is 10.1. The summed E-state index contributed by atoms with van der Waals surface area (Å²) in [5.74, 6) is 0.235. The Hall–Kier alpha value is -3.16. The molecule has 152 valence electrons. The summed E-state index contributed by atoms with van der Waals surface area (Å²) in [6.07, 6.45) is 1.79. The number of fused-ring (bicyclic) bond motifs is 2. The number of rotatable bonds is 3. The Morgan fingerprint density at radius 2 is 1.97 bits per heavy atom. The van der Waals surface area contributed by atoms with Crippen LogP contribution in [0.25, 0.3) is 27.6 Å². The lowest BCUT2D eigenvalue weighted by Gasteiger charge is -2.29. The van der Waals surface area contributed by atoms with Crippen molar-refractivity contribution in [3.63, 3.8) is 0 Å². The first-order valence-corrected chi connectivity index (χ1v) is 10.1. The zero-order valence-corrected chi connectivity index (χ0v) is 17.2. The smallest absolute Gasteiger partial charge is 0.251 e. The number of carbonyl (C=O) groups excluding carboxylic acids is 1. The van der Waals surface area contributed by atoms with Gasteiger partial charge in [-0.2, -0.15) is 0 Å². The molecule has 0 spiro atoms. The number of halogens is 1. The van der Waals surface area contributed by atoms with Crippen molar-refractivity contribution in [1.82, 2.24) is 14.5 Å². The van der Waals surface area contributed by atoms with Gasteiger partial charge in [-0.05, 0) is 37.3 Å². The van der Waals surface area contributed by atoms with Crippen LogP contribution in [0.3, 0.4) is 0 Å². The van der Waals surface area contributed by atoms with Gasteiger partial charge in [0.05, 0.1) is 46.7 Å². The van der Waals surface area contributed by atoms with E-state index >= 15 is 0 Å². The van der Waals surface area contributed by atoms with E-state index in [1.807, 2.05) is 47.9 Å². The van der Waals surface area contributed by atoms with Gasteiger partial charge in [0.2, 0.25) is 0 Å². The standard InChI is InChI=1S/C22H20ClN5O2/c1-13-26-21-17(22(24)29)9-14(27-5-7-30-8-6-27)11-20(21)28(13)15-10-16-18(23)3-2-4-19(16)25-12-15/h2-4,9-12H,5-8H2,1H3,(H2,24,29). The van der Waals surface area contributed by atoms with Gasteiger partial charge in [-0.15, -0.1) is 0 Å². The average molecular weight is 422 g/mol. The van der Waals surface area contributed by atoms with E-state index in [9.17, 15) is 4.79 Å². The molecule has 8 heteroatoms. The van der Waals surface area contributed by atoms with Crippen molar-refractivity contribution in [2.75, 3.05) is 31.2 Å². The lowest BCUT2D eigenvalue weighted by Crippen LogP contribution is -2.36. The molecule has 2 N–H and O–H groups in total. The van der Waals surface area contributed by atoms with Crippen molar-refractivity contribution in [3.05, 3.63) is 59.0 Å². The predicted molar refractivity (Wildman–Crippen MR) is 118 cm³/mol. The second-order valence-electron chi connectivity index (χ2n) is 7.32. The van der Waals surface area contributed by atoms with Crippen LogP contribution >= 0.6 is 11.6 Å². The number of nitrogens with two attached hydrogens (primary N) is 1. The molecule has 2 aromatic heterocycles. The highest BCUT2D eigenvalue weighted by atomic mass is 35.5. The van der Waals surface area contributed by atoms with Crippen molar-refractivity contribution < 1.29 is 9.53 Å². The topological polar surface area (TPSA) is 86.3 Å². The zero-order chi connectivity index (χ0) is 20.8. The number of morpholine rings is 1. The molecule has 0 unspecified atom stereocenters. The maximum absolute atomic E-state index is 12.2. The summed E-state index contributed by atoms with van der Waals surface area (Å²) in [5, 5.41) is 1.49. The highest BCUT2D eigenvalue weighted by Crippen LogP contribution is 2.31. The number of aromatic nitrogens is 3. The molecular formula is C22H20ClN5O2. The number of pyridine rings is 1. The molecule has 1 aliphatic heterocycles. The van der Waals surface area contributed by atoms with E-state index in [1.165, 1.54) is 0 Å². The number of amides is 1. The van der Waals surface area contributed by atoms with Gasteiger partial charge < -0.3 is 15.4 Å². The average Bonchev–Trinajstić information content (AvgIpc) is 3.09. The Labute approximate surface area is 178 Å². The summed E-state index contributed by atoms with van der Waals surface area (Å²) in [6.45, 7) is 4.70. The van der Waals surface area contributed by atoms with E-state index in [0.29, 0.717) is 29.3 Å². The van der Waals surface area contributed by atoms with E-state index in [0.717, 1.165) is 46.7 Å². The third-order valence-electron chi connectivity index (χ3n) is 5.47. The number of benzene rings is 2. The van der Waals surface area contributed by atoms with E-state index < -0.39 is 5.91 Å². The van der Waals surface area contributed by atoms with Crippen molar-refractivity contribution in [1.29, 1.82) is 0 Å². The summed E-state index contributed by atoms with van der Waals surface area (Å²) in [7, 11) is 0. The van der Waals surface area contributed by atoms with Crippen LogP contribution in [0, 0.1) is 6.92 Å². The molecule has 1 fully saturated rings. The van der Waals surface area contributed by atoms with Gasteiger partial charge in [-0.25, -0.2) is 4.98 Å². The van der Waals surface area contributed by atoms with E-state index in [4.69, 9.17) is 22.1 Å². The highest BCUT2D eigenvalue weighted by Gasteiger charge is 2.21. The van der Waals surface area contributed by atoms with Gasteiger partial charge in [0.15, 0.2) is 0 Å². The van der Waals surface area contributed by atoms with Crippen LogP contribution in [-0.4, -0.2) is 46.7 Å². The fourth-order valence-corrected chi connectivity index (χ4v) is 4.24. The Bertz CT molecular complexity index is 1290. The first-order valence-electron chi connectivity index (χ1n) is 9.73. The number of aryl methyl sites for hydroxylation is 1. The van der Waals surface area contributed by atoms with Crippen LogP contribution in [0.4, 0.5) is 5.69 Å². The normalized spacial score (nSPS) is 14.5. The number of ether oxygens (including phenoxy) is 1. The lowest BCUT2D eigenvalue weighted by molar-refractivity contribution is 0.100. The molecule has 7 nitrogen and oxygen atoms in total. The van der Waals surface area contributed by atoms with Crippen LogP contribution in [0.15, 0.2) is 42.6 Å². The molecule has 0 radical (unpaired) electrons. The SMILES string of the molecule is Cc1nc2c(C(N)=O)cc(N3CCOCC3)cc2n1-c1cnc2cccc(Cl)c2c1. The maximum atomic E-state index is 12.2. The van der Waals surface area contributed by atoms with Gasteiger partial charge in [0.1, 0.15) is 11.3 Å². The van der Waals surface area contributed by atoms with E-state index in [1.54, 1.807) is 6.20 Å². The minimum atomic E-state index is -0.501. The number of anilines is 1. The summed E-state index contributed by atoms with van der Waals surface area (Å²) in [6, 6.07) is 11.5. The van der Waals surface area contributed by atoms with Crippen molar-refractivity contribution in [3.8, 4) is 5.69 Å². The second kappa shape index (κ2) is 7.27. The molecule has 4 aromatic rings. The molecule has 5 rings (SSSR count). The fourth-order valence-electron chi connectivity index (χ4n) is 4.02. The first kappa shape index (κ1) is 18.8. The molecule has 2 aromatic carbocycles. The largest absolute Gasteiger partial charge is 0.378 e. The van der Waals surface area contributed by atoms with Gasteiger partial charge in [-0.3, -0.25) is 14.3 Å². The monoisotopic (exact) mass is 421 g/mol. The molecule has 30 heavy (non-hydrogen) atoms. The molecule has 0 atom stereocenters. The van der Waals surface area contributed by atoms with Gasteiger partial charge in [-0.1, -0.05) is 17.7 Å². The Morgan fingerprint density at radius 3 is 2.73 bits per heavy atom. The van der Waals surface area contributed by atoms with Crippen LogP contribution in [0.2, 0.25) is 5.02 Å². The van der Waals surface area contributed by atoms with Gasteiger partial charge in [0, 0.05) is 24.2 Å². The quantitative estimate of drug-likeness (QED) is 0.547. The van der Waals surface area contributed by atoms with Crippen LogP contribution in [0.1, 0.15) is 16.2 Å². The maximum Gasteiger partial charge on any atom is 0.251 e. The third-order valence-corrected chi connectivity index (χ3v) is 5.80. The minimum absolute atomic E-state index is 0.405. The second-order valence-corrected chi connectivity index (χ2v) is 7.73. The summed E-state index contributed by atoms with van der Waals surface area (Å²) in [5.41, 5.74) is 10.1. The Morgan fingerprint density at radius 1 is 1.17 bits per heavy atom. The Balaban J connectivity index is 1.76. The summed E-state index contributed by atoms with van der Waals surface area (Å²) < 4.78 is 7.45. The first-order chi connectivity index (χ1) is 14.5. The van der Waals surface area contributed by atoms with E-state index in [-0.39, 0.29) is 0 Å². The highest BCUT2D eigenvalue weighted by molar-refractivity contribution is 6.35. The molecule has 1 saturated heterocycles. The predicted octanol–water partition coefficient (Wildman–Crippen LogP) is 3.47. The summed E-state index contributed by atoms with van der Waals surface area (Å²) in [4.78, 5) is 23.6. The molecule has 0 aliphatic carbocycles. The van der Waals surface area contributed by atoms with Crippen LogP contribution in [0.5, 0.6) is 0 Å². The van der Waals surface area contributed by atoms with Crippen molar-refractivity contribution in [2.24, 2.45) is 5.73 Å². The molecule has 0 saturated carbocycles. The molecular weight excluding hydrogens is 402 g/mol. The fraction of sp³-hybridized carbons (Fsp3) is 0.227. The number of hydrogen-bond acceptors (Lipinski definition) is 5. The minimum Gasteiger partial charge on any atom is -0.378 e. The van der Waals surface area contributed by atoms with Crippen LogP contribution < -0.4 is 10.6 Å². The number of carbonyl (C=O) groups is 1. The van der Waals surface area contributed by atoms with Gasteiger partial charge >= 0.3 is 0 Å². The van der Waals surface area contributed by atoms with E-state index in [2.05, 4.69) is 14.9 Å². The summed E-state index contributed by atoms with van der Waals surface area (Å²) >= 11 is 6.40. The molecule has 3 heterocycles. The third kappa shape index (κ3) is 3.07. The van der Waals surface area contributed by atoms with Gasteiger partial charge in [0.25, 0.3) is 5.91 Å². The number of primary amides is 1. The van der Waals surface area contributed by atoms with Crippen molar-refractivity contribution in [2.45, 2.75) is 6.92 Å². The molecule has 1 amide bonds. The molecule has 0 bridgehead atoms. The number of nitrogens with zero attached hydrogens (tertiary/aromatic N) is 4. The zero-order valence-electron chi connectivity index (χ0n) is 16.4. The van der Waals surface area contributed by atoms with Crippen LogP contribution in [-0.2, 0) is 4.74 Å². The number of hydrogen-bond donors (Lipinski definition) is 1. The number of imidazole rings is 1. The molecule has 1 aliphatic rings. The Kier molecular flexibility index (Phi) is 4.56. The van der Waals surface area contributed by atoms with Crippen molar-refractivity contribution >= 4 is 45.1 Å².